The first-order valence-electron chi connectivity index (χ1n) is 5.63. The van der Waals surface area contributed by atoms with Gasteiger partial charge >= 0.3 is 12.1 Å². The maximum absolute atomic E-state index is 11.7. The summed E-state index contributed by atoms with van der Waals surface area (Å²) in [7, 11) is 0. The Morgan fingerprint density at radius 1 is 1.41 bits per heavy atom. The minimum atomic E-state index is -0.507. The Balaban J connectivity index is 2.42. The number of nitrogens with zero attached hydrogens (tertiary/aromatic N) is 1. The molecule has 0 saturated carbocycles. The average Bonchev–Trinajstić information content (AvgIpc) is 2.63. The van der Waals surface area contributed by atoms with Crippen molar-refractivity contribution >= 4 is 12.1 Å². The zero-order valence-corrected chi connectivity index (χ0v) is 10.6. The molecule has 5 nitrogen and oxygen atoms in total. The standard InChI is InChI=1S/C12H19NO4/c1-5-10(14)16-9-6-7-13(8-9)11(15)17-12(2,3)4/h5,9H,1,6-8H2,2-4H3/t9-/m1/s1. The first-order valence-corrected chi connectivity index (χ1v) is 5.63. The number of carbonyl (C=O) groups is 2. The molecule has 1 rings (SSSR count). The average molecular weight is 241 g/mol. The molecule has 0 aromatic heterocycles. The van der Waals surface area contributed by atoms with Gasteiger partial charge in [0.25, 0.3) is 0 Å². The SMILES string of the molecule is C=CC(=O)O[C@@H]1CCN(C(=O)OC(C)(C)C)C1. The predicted octanol–water partition coefficient (Wildman–Crippen LogP) is 1.72. The van der Waals surface area contributed by atoms with Gasteiger partial charge in [-0.05, 0) is 20.8 Å². The molecule has 0 aromatic carbocycles. The van der Waals surface area contributed by atoms with Crippen molar-refractivity contribution in [2.75, 3.05) is 13.1 Å². The molecule has 17 heavy (non-hydrogen) atoms. The van der Waals surface area contributed by atoms with E-state index in [-0.39, 0.29) is 12.2 Å². The Bertz CT molecular complexity index is 319. The Hall–Kier alpha value is -1.52. The molecule has 1 saturated heterocycles. The smallest absolute Gasteiger partial charge is 0.410 e. The Kier molecular flexibility index (Phi) is 4.15. The number of amides is 1. The molecule has 0 N–H and O–H groups in total. The second kappa shape index (κ2) is 5.21. The summed E-state index contributed by atoms with van der Waals surface area (Å²) in [5.74, 6) is -0.457. The van der Waals surface area contributed by atoms with Crippen LogP contribution in [0.5, 0.6) is 0 Å². The Morgan fingerprint density at radius 3 is 2.59 bits per heavy atom. The van der Waals surface area contributed by atoms with Gasteiger partial charge in [-0.15, -0.1) is 0 Å². The number of carbonyl (C=O) groups excluding carboxylic acids is 2. The molecule has 1 amide bonds. The lowest BCUT2D eigenvalue weighted by molar-refractivity contribution is -0.142. The molecule has 1 aliphatic heterocycles. The van der Waals surface area contributed by atoms with Crippen LogP contribution in [-0.4, -0.2) is 41.8 Å². The van der Waals surface area contributed by atoms with E-state index in [4.69, 9.17) is 9.47 Å². The number of hydrogen-bond acceptors (Lipinski definition) is 4. The van der Waals surface area contributed by atoms with Gasteiger partial charge in [-0.2, -0.15) is 0 Å². The van der Waals surface area contributed by atoms with Crippen molar-refractivity contribution in [2.45, 2.75) is 38.9 Å². The van der Waals surface area contributed by atoms with Gasteiger partial charge < -0.3 is 14.4 Å². The van der Waals surface area contributed by atoms with E-state index >= 15 is 0 Å². The van der Waals surface area contributed by atoms with Gasteiger partial charge in [0.2, 0.25) is 0 Å². The zero-order chi connectivity index (χ0) is 13.1. The van der Waals surface area contributed by atoms with Crippen LogP contribution in [0.4, 0.5) is 4.79 Å². The quantitative estimate of drug-likeness (QED) is 0.545. The van der Waals surface area contributed by atoms with Crippen molar-refractivity contribution < 1.29 is 19.1 Å². The summed E-state index contributed by atoms with van der Waals surface area (Å²) in [5, 5.41) is 0. The van der Waals surface area contributed by atoms with Crippen molar-refractivity contribution in [2.24, 2.45) is 0 Å². The lowest BCUT2D eigenvalue weighted by Crippen LogP contribution is -2.36. The molecular formula is C12H19NO4. The summed E-state index contributed by atoms with van der Waals surface area (Å²) >= 11 is 0. The molecule has 96 valence electrons. The molecule has 0 aromatic rings. The second-order valence-electron chi connectivity index (χ2n) is 4.98. The maximum Gasteiger partial charge on any atom is 0.410 e. The fraction of sp³-hybridized carbons (Fsp3) is 0.667. The Labute approximate surface area is 101 Å². The van der Waals surface area contributed by atoms with Crippen LogP contribution in [0.2, 0.25) is 0 Å². The van der Waals surface area contributed by atoms with E-state index in [0.29, 0.717) is 19.5 Å². The van der Waals surface area contributed by atoms with Crippen molar-refractivity contribution in [3.8, 4) is 0 Å². The minimum Gasteiger partial charge on any atom is -0.457 e. The van der Waals surface area contributed by atoms with Crippen LogP contribution >= 0.6 is 0 Å². The molecular weight excluding hydrogens is 222 g/mol. The third-order valence-corrected chi connectivity index (χ3v) is 2.25. The van der Waals surface area contributed by atoms with Crippen LogP contribution in [-0.2, 0) is 14.3 Å². The first kappa shape index (κ1) is 13.5. The highest BCUT2D eigenvalue weighted by atomic mass is 16.6. The lowest BCUT2D eigenvalue weighted by atomic mass is 10.2. The maximum atomic E-state index is 11.7. The molecule has 0 unspecified atom stereocenters. The van der Waals surface area contributed by atoms with Crippen LogP contribution in [0.3, 0.4) is 0 Å². The van der Waals surface area contributed by atoms with Crippen LogP contribution < -0.4 is 0 Å². The molecule has 1 heterocycles. The summed E-state index contributed by atoms with van der Waals surface area (Å²) in [5.41, 5.74) is -0.507. The normalized spacial score (nSPS) is 19.9. The molecule has 5 heteroatoms. The molecule has 1 fully saturated rings. The van der Waals surface area contributed by atoms with E-state index in [0.717, 1.165) is 6.08 Å². The zero-order valence-electron chi connectivity index (χ0n) is 10.6. The van der Waals surface area contributed by atoms with Crippen molar-refractivity contribution in [1.82, 2.24) is 4.90 Å². The fourth-order valence-electron chi connectivity index (χ4n) is 1.53. The highest BCUT2D eigenvalue weighted by Crippen LogP contribution is 2.17. The number of hydrogen-bond donors (Lipinski definition) is 0. The minimum absolute atomic E-state index is 0.256. The molecule has 0 bridgehead atoms. The molecule has 0 radical (unpaired) electrons. The van der Waals surface area contributed by atoms with E-state index in [1.54, 1.807) is 4.90 Å². The number of esters is 1. The fourth-order valence-corrected chi connectivity index (χ4v) is 1.53. The summed E-state index contributed by atoms with van der Waals surface area (Å²) in [6.45, 7) is 9.70. The summed E-state index contributed by atoms with van der Waals surface area (Å²) < 4.78 is 10.3. The van der Waals surface area contributed by atoms with Gasteiger partial charge in [0.15, 0.2) is 0 Å². The van der Waals surface area contributed by atoms with E-state index in [1.165, 1.54) is 0 Å². The topological polar surface area (TPSA) is 55.8 Å². The van der Waals surface area contributed by atoms with Crippen molar-refractivity contribution in [3.05, 3.63) is 12.7 Å². The highest BCUT2D eigenvalue weighted by molar-refractivity contribution is 5.81. The molecule has 0 aliphatic carbocycles. The molecule has 0 spiro atoms. The monoisotopic (exact) mass is 241 g/mol. The van der Waals surface area contributed by atoms with Gasteiger partial charge in [-0.3, -0.25) is 0 Å². The van der Waals surface area contributed by atoms with Gasteiger partial charge in [0.1, 0.15) is 11.7 Å². The van der Waals surface area contributed by atoms with Gasteiger partial charge in [0, 0.05) is 19.0 Å². The summed E-state index contributed by atoms with van der Waals surface area (Å²) in [4.78, 5) is 24.3. The van der Waals surface area contributed by atoms with Crippen LogP contribution in [0.1, 0.15) is 27.2 Å². The number of likely N-dealkylation sites (tertiary alicyclic amines) is 1. The van der Waals surface area contributed by atoms with Crippen LogP contribution in [0, 0.1) is 0 Å². The van der Waals surface area contributed by atoms with E-state index in [9.17, 15) is 9.59 Å². The van der Waals surface area contributed by atoms with Gasteiger partial charge in [-0.25, -0.2) is 9.59 Å². The second-order valence-corrected chi connectivity index (χ2v) is 4.98. The Morgan fingerprint density at radius 2 is 2.06 bits per heavy atom. The molecule has 1 aliphatic rings. The van der Waals surface area contributed by atoms with Gasteiger partial charge in [0.05, 0.1) is 6.54 Å². The van der Waals surface area contributed by atoms with Crippen molar-refractivity contribution in [1.29, 1.82) is 0 Å². The van der Waals surface area contributed by atoms with Gasteiger partial charge in [-0.1, -0.05) is 6.58 Å². The van der Waals surface area contributed by atoms with E-state index in [2.05, 4.69) is 6.58 Å². The van der Waals surface area contributed by atoms with E-state index in [1.807, 2.05) is 20.8 Å². The number of ether oxygens (including phenoxy) is 2. The third kappa shape index (κ3) is 4.46. The predicted molar refractivity (Wildman–Crippen MR) is 62.5 cm³/mol. The molecule has 1 atom stereocenters. The lowest BCUT2D eigenvalue weighted by Gasteiger charge is -2.24. The third-order valence-electron chi connectivity index (χ3n) is 2.25. The summed E-state index contributed by atoms with van der Waals surface area (Å²) in [6.07, 6.45) is 1.14. The van der Waals surface area contributed by atoms with E-state index < -0.39 is 11.6 Å². The highest BCUT2D eigenvalue weighted by Gasteiger charge is 2.31. The van der Waals surface area contributed by atoms with Crippen LogP contribution in [0.15, 0.2) is 12.7 Å². The summed E-state index contributed by atoms with van der Waals surface area (Å²) in [6, 6.07) is 0. The van der Waals surface area contributed by atoms with Crippen molar-refractivity contribution in [3.63, 3.8) is 0 Å². The first-order chi connectivity index (χ1) is 7.81. The largest absolute Gasteiger partial charge is 0.457 e. The van der Waals surface area contributed by atoms with Crippen LogP contribution in [0.25, 0.3) is 0 Å². The number of rotatable bonds is 2.